The summed E-state index contributed by atoms with van der Waals surface area (Å²) in [6.45, 7) is 2.92. The van der Waals surface area contributed by atoms with Gasteiger partial charge in [0.25, 0.3) is 0 Å². The van der Waals surface area contributed by atoms with Crippen molar-refractivity contribution in [3.63, 3.8) is 0 Å². The molecule has 20 heavy (non-hydrogen) atoms. The van der Waals surface area contributed by atoms with Gasteiger partial charge in [0.1, 0.15) is 5.82 Å². The van der Waals surface area contributed by atoms with Gasteiger partial charge in [-0.1, -0.05) is 12.1 Å². The standard InChI is InChI=1S/C16H23FN2O/c17-13-4-1-3-12(9-13)16(20)11-18-14-6-8-19-7-2-5-15(19)10-14/h1,3-4,9,14-16,18,20H,2,5-8,10-11H2. The van der Waals surface area contributed by atoms with Crippen molar-refractivity contribution in [1.29, 1.82) is 0 Å². The molecular formula is C16H23FN2O. The van der Waals surface area contributed by atoms with Gasteiger partial charge in [-0.05, 0) is 56.5 Å². The van der Waals surface area contributed by atoms with Gasteiger partial charge in [-0.3, -0.25) is 0 Å². The van der Waals surface area contributed by atoms with Gasteiger partial charge in [0.15, 0.2) is 0 Å². The molecule has 0 saturated carbocycles. The lowest BCUT2D eigenvalue weighted by Gasteiger charge is -2.35. The minimum Gasteiger partial charge on any atom is -0.387 e. The molecule has 2 aliphatic heterocycles. The van der Waals surface area contributed by atoms with Crippen LogP contribution in [0.1, 0.15) is 37.4 Å². The van der Waals surface area contributed by atoms with E-state index in [1.807, 2.05) is 0 Å². The molecule has 0 aromatic heterocycles. The molecule has 0 bridgehead atoms. The Bertz CT molecular complexity index is 454. The molecule has 0 amide bonds. The number of benzene rings is 1. The molecule has 2 aliphatic rings. The molecule has 2 fully saturated rings. The molecule has 0 radical (unpaired) electrons. The number of nitrogens with zero attached hydrogens (tertiary/aromatic N) is 1. The van der Waals surface area contributed by atoms with Crippen LogP contribution >= 0.6 is 0 Å². The lowest BCUT2D eigenvalue weighted by atomic mass is 9.97. The number of rotatable bonds is 4. The van der Waals surface area contributed by atoms with Crippen molar-refractivity contribution >= 4 is 0 Å². The van der Waals surface area contributed by atoms with E-state index in [1.54, 1.807) is 12.1 Å². The summed E-state index contributed by atoms with van der Waals surface area (Å²) in [6, 6.07) is 7.44. The first-order valence-electron chi connectivity index (χ1n) is 7.63. The topological polar surface area (TPSA) is 35.5 Å². The Hall–Kier alpha value is -0.970. The minimum absolute atomic E-state index is 0.291. The Morgan fingerprint density at radius 2 is 2.25 bits per heavy atom. The summed E-state index contributed by atoms with van der Waals surface area (Å²) in [7, 11) is 0. The Balaban J connectivity index is 1.49. The summed E-state index contributed by atoms with van der Waals surface area (Å²) in [6.07, 6.45) is 4.32. The van der Waals surface area contributed by atoms with E-state index in [-0.39, 0.29) is 5.82 Å². The fourth-order valence-electron chi connectivity index (χ4n) is 3.52. The van der Waals surface area contributed by atoms with E-state index in [9.17, 15) is 9.50 Å². The summed E-state index contributed by atoms with van der Waals surface area (Å²) in [5.41, 5.74) is 0.649. The van der Waals surface area contributed by atoms with Gasteiger partial charge in [-0.2, -0.15) is 0 Å². The first-order valence-corrected chi connectivity index (χ1v) is 7.63. The molecule has 0 spiro atoms. The lowest BCUT2D eigenvalue weighted by molar-refractivity contribution is 0.138. The zero-order chi connectivity index (χ0) is 13.9. The number of aliphatic hydroxyl groups excluding tert-OH is 1. The van der Waals surface area contributed by atoms with Crippen LogP contribution < -0.4 is 5.32 Å². The van der Waals surface area contributed by atoms with Gasteiger partial charge >= 0.3 is 0 Å². The van der Waals surface area contributed by atoms with Crippen LogP contribution in [0.4, 0.5) is 4.39 Å². The molecule has 3 nitrogen and oxygen atoms in total. The number of nitrogens with one attached hydrogen (secondary N) is 1. The lowest BCUT2D eigenvalue weighted by Crippen LogP contribution is -2.46. The summed E-state index contributed by atoms with van der Waals surface area (Å²) in [4.78, 5) is 2.58. The molecule has 3 atom stereocenters. The molecule has 2 heterocycles. The Morgan fingerprint density at radius 3 is 3.10 bits per heavy atom. The molecule has 3 unspecified atom stereocenters. The predicted molar refractivity (Wildman–Crippen MR) is 77.0 cm³/mol. The van der Waals surface area contributed by atoms with Crippen LogP contribution in [-0.4, -0.2) is 41.7 Å². The third-order valence-electron chi connectivity index (χ3n) is 4.65. The number of hydrogen-bond acceptors (Lipinski definition) is 3. The van der Waals surface area contributed by atoms with Crippen LogP contribution in [-0.2, 0) is 0 Å². The van der Waals surface area contributed by atoms with Crippen molar-refractivity contribution in [1.82, 2.24) is 10.2 Å². The fraction of sp³-hybridized carbons (Fsp3) is 0.625. The Morgan fingerprint density at radius 1 is 1.35 bits per heavy atom. The van der Waals surface area contributed by atoms with E-state index in [0.717, 1.165) is 12.5 Å². The third kappa shape index (κ3) is 3.19. The van der Waals surface area contributed by atoms with Gasteiger partial charge in [0, 0.05) is 18.6 Å². The average Bonchev–Trinajstić information content (AvgIpc) is 2.92. The predicted octanol–water partition coefficient (Wildman–Crippen LogP) is 2.08. The second-order valence-electron chi connectivity index (χ2n) is 6.03. The van der Waals surface area contributed by atoms with Gasteiger partial charge in [0.2, 0.25) is 0 Å². The van der Waals surface area contributed by atoms with E-state index < -0.39 is 6.10 Å². The van der Waals surface area contributed by atoms with Crippen LogP contribution in [0.5, 0.6) is 0 Å². The average molecular weight is 278 g/mol. The molecule has 3 rings (SSSR count). The van der Waals surface area contributed by atoms with Crippen LogP contribution in [0.15, 0.2) is 24.3 Å². The molecule has 4 heteroatoms. The van der Waals surface area contributed by atoms with Crippen molar-refractivity contribution in [2.24, 2.45) is 0 Å². The van der Waals surface area contributed by atoms with Gasteiger partial charge in [0.05, 0.1) is 6.10 Å². The molecule has 2 N–H and O–H groups in total. The fourth-order valence-corrected chi connectivity index (χ4v) is 3.52. The van der Waals surface area contributed by atoms with Crippen molar-refractivity contribution in [2.45, 2.75) is 43.9 Å². The maximum Gasteiger partial charge on any atom is 0.123 e. The molecule has 1 aromatic carbocycles. The van der Waals surface area contributed by atoms with E-state index in [1.165, 1.54) is 44.5 Å². The third-order valence-corrected chi connectivity index (χ3v) is 4.65. The summed E-state index contributed by atoms with van der Waals surface area (Å²) in [5.74, 6) is -0.291. The highest BCUT2D eigenvalue weighted by atomic mass is 19.1. The van der Waals surface area contributed by atoms with Crippen LogP contribution in [0.25, 0.3) is 0 Å². The molecule has 2 saturated heterocycles. The highest BCUT2D eigenvalue weighted by Gasteiger charge is 2.31. The summed E-state index contributed by atoms with van der Waals surface area (Å²) >= 11 is 0. The van der Waals surface area contributed by atoms with Crippen molar-refractivity contribution < 1.29 is 9.50 Å². The first kappa shape index (κ1) is 14.0. The van der Waals surface area contributed by atoms with E-state index in [0.29, 0.717) is 18.2 Å². The Kier molecular flexibility index (Phi) is 4.34. The van der Waals surface area contributed by atoms with Gasteiger partial charge in [-0.25, -0.2) is 4.39 Å². The van der Waals surface area contributed by atoms with Gasteiger partial charge < -0.3 is 15.3 Å². The largest absolute Gasteiger partial charge is 0.387 e. The normalized spacial score (nSPS) is 28.3. The number of halogens is 1. The molecular weight excluding hydrogens is 255 g/mol. The molecule has 110 valence electrons. The van der Waals surface area contributed by atoms with Crippen molar-refractivity contribution in [3.8, 4) is 0 Å². The van der Waals surface area contributed by atoms with E-state index >= 15 is 0 Å². The summed E-state index contributed by atoms with van der Waals surface area (Å²) < 4.78 is 13.1. The number of hydrogen-bond donors (Lipinski definition) is 2. The zero-order valence-corrected chi connectivity index (χ0v) is 11.8. The number of piperidine rings is 1. The smallest absolute Gasteiger partial charge is 0.123 e. The second-order valence-corrected chi connectivity index (χ2v) is 6.03. The van der Waals surface area contributed by atoms with Crippen molar-refractivity contribution in [2.75, 3.05) is 19.6 Å². The maximum absolute atomic E-state index is 13.1. The highest BCUT2D eigenvalue weighted by Crippen LogP contribution is 2.27. The number of aliphatic hydroxyl groups is 1. The quantitative estimate of drug-likeness (QED) is 0.885. The second kappa shape index (κ2) is 6.20. The van der Waals surface area contributed by atoms with Gasteiger partial charge in [-0.15, -0.1) is 0 Å². The number of fused-ring (bicyclic) bond motifs is 1. The minimum atomic E-state index is -0.632. The van der Waals surface area contributed by atoms with Crippen LogP contribution in [0.2, 0.25) is 0 Å². The maximum atomic E-state index is 13.1. The SMILES string of the molecule is OC(CNC1CCN2CCCC2C1)c1cccc(F)c1. The van der Waals surface area contributed by atoms with E-state index in [4.69, 9.17) is 0 Å². The van der Waals surface area contributed by atoms with Crippen LogP contribution in [0, 0.1) is 5.82 Å². The monoisotopic (exact) mass is 278 g/mol. The Labute approximate surface area is 119 Å². The highest BCUT2D eigenvalue weighted by molar-refractivity contribution is 5.19. The zero-order valence-electron chi connectivity index (χ0n) is 11.8. The first-order chi connectivity index (χ1) is 9.72. The van der Waals surface area contributed by atoms with Crippen LogP contribution in [0.3, 0.4) is 0 Å². The molecule has 1 aromatic rings. The van der Waals surface area contributed by atoms with E-state index in [2.05, 4.69) is 10.2 Å². The van der Waals surface area contributed by atoms with Crippen molar-refractivity contribution in [3.05, 3.63) is 35.6 Å². The molecule has 0 aliphatic carbocycles. The summed E-state index contributed by atoms with van der Waals surface area (Å²) in [5, 5.41) is 13.6.